The molecule has 2 heterocycles. The van der Waals surface area contributed by atoms with E-state index in [1.165, 1.54) is 0 Å². The molecule has 2 fully saturated rings. The largest absolute Gasteiger partial charge is 0.497 e. The second kappa shape index (κ2) is 5.35. The summed E-state index contributed by atoms with van der Waals surface area (Å²) in [4.78, 5) is 13.7. The van der Waals surface area contributed by atoms with Crippen LogP contribution in [0, 0.1) is 0 Å². The molecule has 2 aliphatic heterocycles. The van der Waals surface area contributed by atoms with Crippen molar-refractivity contribution in [2.75, 3.05) is 37.2 Å². The molecule has 8 heteroatoms. The van der Waals surface area contributed by atoms with Crippen molar-refractivity contribution < 1.29 is 22.7 Å². The van der Waals surface area contributed by atoms with Crippen molar-refractivity contribution in [2.45, 2.75) is 12.1 Å². The smallest absolute Gasteiger partial charge is 0.239 e. The molecule has 120 valence electrons. The lowest BCUT2D eigenvalue weighted by atomic mass is 10.1. The van der Waals surface area contributed by atoms with Crippen molar-refractivity contribution >= 4 is 21.4 Å². The summed E-state index contributed by atoms with van der Waals surface area (Å²) in [5.41, 5.74) is 0.721. The maximum absolute atomic E-state index is 11.9. The molecule has 0 unspecified atom stereocenters. The Morgan fingerprint density at radius 3 is 2.36 bits per heavy atom. The maximum Gasteiger partial charge on any atom is 0.239 e. The van der Waals surface area contributed by atoms with Crippen LogP contribution in [-0.4, -0.2) is 58.7 Å². The van der Waals surface area contributed by atoms with E-state index in [9.17, 15) is 13.2 Å². The SMILES string of the molecule is COc1cc(OC)cc(N2CC(=O)N[C@H]3CS(=O)(=O)C[C@@H]32)c1. The third-order valence-corrected chi connectivity index (χ3v) is 5.77. The summed E-state index contributed by atoms with van der Waals surface area (Å²) in [6.45, 7) is 0.118. The van der Waals surface area contributed by atoms with Gasteiger partial charge in [-0.1, -0.05) is 0 Å². The van der Waals surface area contributed by atoms with Crippen LogP contribution in [0.25, 0.3) is 0 Å². The van der Waals surface area contributed by atoms with Crippen LogP contribution in [0.15, 0.2) is 18.2 Å². The van der Waals surface area contributed by atoms with E-state index in [0.717, 1.165) is 5.69 Å². The van der Waals surface area contributed by atoms with Crippen LogP contribution in [0.1, 0.15) is 0 Å². The minimum atomic E-state index is -3.14. The molecule has 2 atom stereocenters. The van der Waals surface area contributed by atoms with E-state index in [1.807, 2.05) is 4.90 Å². The first-order chi connectivity index (χ1) is 10.4. The Morgan fingerprint density at radius 1 is 1.14 bits per heavy atom. The van der Waals surface area contributed by atoms with Gasteiger partial charge in [-0.2, -0.15) is 0 Å². The van der Waals surface area contributed by atoms with Gasteiger partial charge in [0.2, 0.25) is 5.91 Å². The average molecular weight is 326 g/mol. The molecular weight excluding hydrogens is 308 g/mol. The molecule has 3 rings (SSSR count). The molecule has 0 bridgehead atoms. The number of nitrogens with zero attached hydrogens (tertiary/aromatic N) is 1. The Labute approximate surface area is 129 Å². The summed E-state index contributed by atoms with van der Waals surface area (Å²) in [6, 6.07) is 4.66. The van der Waals surface area contributed by atoms with Gasteiger partial charge in [0, 0.05) is 23.9 Å². The molecule has 1 N–H and O–H groups in total. The Kier molecular flexibility index (Phi) is 3.64. The van der Waals surface area contributed by atoms with Crippen LogP contribution >= 0.6 is 0 Å². The number of amides is 1. The molecule has 2 aliphatic rings. The zero-order valence-corrected chi connectivity index (χ0v) is 13.2. The number of sulfone groups is 1. The number of rotatable bonds is 3. The molecule has 0 radical (unpaired) electrons. The van der Waals surface area contributed by atoms with Gasteiger partial charge >= 0.3 is 0 Å². The highest BCUT2D eigenvalue weighted by Gasteiger charge is 2.45. The van der Waals surface area contributed by atoms with Crippen LogP contribution in [-0.2, 0) is 14.6 Å². The zero-order chi connectivity index (χ0) is 15.9. The first kappa shape index (κ1) is 15.0. The second-order valence-corrected chi connectivity index (χ2v) is 7.67. The van der Waals surface area contributed by atoms with E-state index >= 15 is 0 Å². The Morgan fingerprint density at radius 2 is 1.77 bits per heavy atom. The molecule has 1 aromatic carbocycles. The highest BCUT2D eigenvalue weighted by atomic mass is 32.2. The van der Waals surface area contributed by atoms with E-state index in [1.54, 1.807) is 32.4 Å². The average Bonchev–Trinajstić information content (AvgIpc) is 2.79. The van der Waals surface area contributed by atoms with Gasteiger partial charge in [0.15, 0.2) is 9.84 Å². The number of ether oxygens (including phenoxy) is 2. The highest BCUT2D eigenvalue weighted by Crippen LogP contribution is 2.33. The fourth-order valence-electron chi connectivity index (χ4n) is 3.04. The monoisotopic (exact) mass is 326 g/mol. The maximum atomic E-state index is 11.9. The van der Waals surface area contributed by atoms with Gasteiger partial charge in [-0.25, -0.2) is 8.42 Å². The summed E-state index contributed by atoms with van der Waals surface area (Å²) in [7, 11) is -0.0516. The molecule has 2 saturated heterocycles. The third-order valence-electron chi connectivity index (χ3n) is 4.05. The first-order valence-corrected chi connectivity index (χ1v) is 8.73. The quantitative estimate of drug-likeness (QED) is 0.828. The normalized spacial score (nSPS) is 26.3. The van der Waals surface area contributed by atoms with Crippen molar-refractivity contribution in [1.29, 1.82) is 0 Å². The number of carbonyl (C=O) groups is 1. The number of carbonyl (C=O) groups excluding carboxylic acids is 1. The Balaban J connectivity index is 2.00. The third kappa shape index (κ3) is 2.70. The predicted molar refractivity (Wildman–Crippen MR) is 81.3 cm³/mol. The molecule has 0 spiro atoms. The Hall–Kier alpha value is -1.96. The van der Waals surface area contributed by atoms with Crippen LogP contribution < -0.4 is 19.7 Å². The van der Waals surface area contributed by atoms with Gasteiger partial charge in [-0.05, 0) is 0 Å². The first-order valence-electron chi connectivity index (χ1n) is 6.91. The van der Waals surface area contributed by atoms with Crippen molar-refractivity contribution in [3.05, 3.63) is 18.2 Å². The summed E-state index contributed by atoms with van der Waals surface area (Å²) >= 11 is 0. The second-order valence-electron chi connectivity index (χ2n) is 5.52. The number of nitrogens with one attached hydrogen (secondary N) is 1. The van der Waals surface area contributed by atoms with Crippen LogP contribution in [0.3, 0.4) is 0 Å². The van der Waals surface area contributed by atoms with Gasteiger partial charge in [0.1, 0.15) is 11.5 Å². The Bertz CT molecular complexity index is 681. The van der Waals surface area contributed by atoms with Crippen molar-refractivity contribution in [3.63, 3.8) is 0 Å². The lowest BCUT2D eigenvalue weighted by Crippen LogP contribution is -2.60. The number of hydrogen-bond donors (Lipinski definition) is 1. The molecule has 0 aliphatic carbocycles. The van der Waals surface area contributed by atoms with E-state index in [-0.39, 0.29) is 36.0 Å². The topological polar surface area (TPSA) is 84.9 Å². The fraction of sp³-hybridized carbons (Fsp3) is 0.500. The summed E-state index contributed by atoms with van der Waals surface area (Å²) in [6.07, 6.45) is 0. The van der Waals surface area contributed by atoms with Crippen LogP contribution in [0.4, 0.5) is 5.69 Å². The number of hydrogen-bond acceptors (Lipinski definition) is 6. The summed E-state index contributed by atoms with van der Waals surface area (Å²) in [5, 5.41) is 2.77. The minimum Gasteiger partial charge on any atom is -0.497 e. The molecule has 0 aromatic heterocycles. The molecule has 1 aromatic rings. The van der Waals surface area contributed by atoms with Gasteiger partial charge in [-0.15, -0.1) is 0 Å². The van der Waals surface area contributed by atoms with Gasteiger partial charge in [0.25, 0.3) is 0 Å². The fourth-order valence-corrected chi connectivity index (χ4v) is 4.96. The minimum absolute atomic E-state index is 0.0129. The van der Waals surface area contributed by atoms with Crippen molar-refractivity contribution in [2.24, 2.45) is 0 Å². The van der Waals surface area contributed by atoms with Gasteiger partial charge in [-0.3, -0.25) is 4.79 Å². The standard InChI is InChI=1S/C14H18N2O5S/c1-20-10-3-9(4-11(5-10)21-2)16-6-14(17)15-12-7-22(18,19)8-13(12)16/h3-5,12-13H,6-8H2,1-2H3,(H,15,17)/t12-,13-/m0/s1. The van der Waals surface area contributed by atoms with Crippen LogP contribution in [0.2, 0.25) is 0 Å². The van der Waals surface area contributed by atoms with Crippen LogP contribution in [0.5, 0.6) is 11.5 Å². The summed E-state index contributed by atoms with van der Waals surface area (Å²) in [5.74, 6) is 1.04. The molecule has 1 amide bonds. The predicted octanol–water partition coefficient (Wildman–Crippen LogP) is -0.194. The number of fused-ring (bicyclic) bond motifs is 1. The number of benzene rings is 1. The van der Waals surface area contributed by atoms with E-state index in [0.29, 0.717) is 11.5 Å². The van der Waals surface area contributed by atoms with E-state index < -0.39 is 9.84 Å². The number of anilines is 1. The molecule has 0 saturated carbocycles. The van der Waals surface area contributed by atoms with Crippen molar-refractivity contribution in [1.82, 2.24) is 5.32 Å². The summed E-state index contributed by atoms with van der Waals surface area (Å²) < 4.78 is 34.3. The zero-order valence-electron chi connectivity index (χ0n) is 12.4. The van der Waals surface area contributed by atoms with Gasteiger partial charge in [0.05, 0.1) is 44.4 Å². The lowest BCUT2D eigenvalue weighted by molar-refractivity contribution is -0.121. The number of methoxy groups -OCH3 is 2. The number of piperazine rings is 1. The van der Waals surface area contributed by atoms with Crippen molar-refractivity contribution in [3.8, 4) is 11.5 Å². The molecule has 7 nitrogen and oxygen atoms in total. The molecule has 22 heavy (non-hydrogen) atoms. The van der Waals surface area contributed by atoms with E-state index in [4.69, 9.17) is 9.47 Å². The van der Waals surface area contributed by atoms with Gasteiger partial charge < -0.3 is 19.7 Å². The lowest BCUT2D eigenvalue weighted by Gasteiger charge is -2.38. The molecular formula is C14H18N2O5S. The van der Waals surface area contributed by atoms with E-state index in [2.05, 4.69) is 5.32 Å². The highest BCUT2D eigenvalue weighted by molar-refractivity contribution is 7.91.